The molecule has 0 spiro atoms. The number of nitrogens with zero attached hydrogens (tertiary/aromatic N) is 3. The summed E-state index contributed by atoms with van der Waals surface area (Å²) in [5, 5.41) is 2.64. The van der Waals surface area contributed by atoms with Crippen molar-refractivity contribution in [2.45, 2.75) is 32.4 Å². The summed E-state index contributed by atoms with van der Waals surface area (Å²) in [6.45, 7) is 2.84. The highest BCUT2D eigenvalue weighted by atomic mass is 32.1. The van der Waals surface area contributed by atoms with Gasteiger partial charge in [0.2, 0.25) is 5.88 Å². The predicted octanol–water partition coefficient (Wildman–Crippen LogP) is 4.46. The number of aryl methyl sites for hydroxylation is 1. The lowest BCUT2D eigenvalue weighted by Gasteiger charge is -2.20. The Hall–Kier alpha value is -2.90. The smallest absolute Gasteiger partial charge is 0.258 e. The Morgan fingerprint density at radius 2 is 2.06 bits per heavy atom. The van der Waals surface area contributed by atoms with Crippen molar-refractivity contribution in [1.29, 1.82) is 0 Å². The first kappa shape index (κ1) is 21.3. The summed E-state index contributed by atoms with van der Waals surface area (Å²) >= 11 is 1.47. The summed E-state index contributed by atoms with van der Waals surface area (Å²) < 4.78 is 12.8. The molecule has 1 unspecified atom stereocenters. The number of rotatable bonds is 7. The second-order valence-electron chi connectivity index (χ2n) is 7.97. The van der Waals surface area contributed by atoms with Gasteiger partial charge in [-0.2, -0.15) is 0 Å². The number of hydrogen-bond donors (Lipinski definition) is 0. The van der Waals surface area contributed by atoms with Gasteiger partial charge in [0.1, 0.15) is 16.9 Å². The lowest BCUT2D eigenvalue weighted by atomic mass is 9.93. The van der Waals surface area contributed by atoms with Gasteiger partial charge in [-0.05, 0) is 62.7 Å². The Morgan fingerprint density at radius 1 is 1.23 bits per heavy atom. The number of ether oxygens (including phenoxy) is 2. The van der Waals surface area contributed by atoms with Gasteiger partial charge in [-0.1, -0.05) is 18.2 Å². The molecule has 2 aromatic heterocycles. The third-order valence-electron chi connectivity index (χ3n) is 5.25. The standard InChI is InChI=1S/C24H27N3O3S/c1-16(24-25-22(29-4)15-31-24)30-21-9-10-27(23(28)13-21)20-8-7-18-11-17(14-26(2)3)5-6-19(18)12-20/h5-6,9-13,15-16H,7-8,14H2,1-4H3. The molecule has 31 heavy (non-hydrogen) atoms. The number of fused-ring (bicyclic) bond motifs is 1. The summed E-state index contributed by atoms with van der Waals surface area (Å²) in [5.41, 5.74) is 4.74. The van der Waals surface area contributed by atoms with Crippen LogP contribution < -0.4 is 15.0 Å². The molecule has 7 heteroatoms. The fourth-order valence-electron chi connectivity index (χ4n) is 3.76. The van der Waals surface area contributed by atoms with Crippen LogP contribution in [0.25, 0.3) is 11.8 Å². The molecule has 0 radical (unpaired) electrons. The van der Waals surface area contributed by atoms with E-state index in [1.165, 1.54) is 34.1 Å². The zero-order chi connectivity index (χ0) is 22.0. The predicted molar refractivity (Wildman–Crippen MR) is 125 cm³/mol. The van der Waals surface area contributed by atoms with Crippen molar-refractivity contribution in [3.8, 4) is 11.6 Å². The number of thiazole rings is 1. The van der Waals surface area contributed by atoms with Crippen molar-refractivity contribution in [2.24, 2.45) is 0 Å². The van der Waals surface area contributed by atoms with Crippen LogP contribution in [0.4, 0.5) is 0 Å². The molecule has 0 saturated carbocycles. The van der Waals surface area contributed by atoms with Gasteiger partial charge in [0.15, 0.2) is 0 Å². The van der Waals surface area contributed by atoms with E-state index in [2.05, 4.69) is 48.3 Å². The van der Waals surface area contributed by atoms with Crippen molar-refractivity contribution in [1.82, 2.24) is 14.5 Å². The van der Waals surface area contributed by atoms with Gasteiger partial charge >= 0.3 is 0 Å². The Balaban J connectivity index is 1.51. The molecule has 1 aliphatic carbocycles. The quantitative estimate of drug-likeness (QED) is 0.546. The number of benzene rings is 1. The average Bonchev–Trinajstić information content (AvgIpc) is 3.23. The topological polar surface area (TPSA) is 56.6 Å². The number of allylic oxidation sites excluding steroid dienone is 1. The number of methoxy groups -OCH3 is 1. The van der Waals surface area contributed by atoms with E-state index in [4.69, 9.17) is 9.47 Å². The Labute approximate surface area is 186 Å². The fourth-order valence-corrected chi connectivity index (χ4v) is 4.52. The molecule has 162 valence electrons. The van der Waals surface area contributed by atoms with Crippen LogP contribution >= 0.6 is 11.3 Å². The second-order valence-corrected chi connectivity index (χ2v) is 8.86. The van der Waals surface area contributed by atoms with Gasteiger partial charge in [0, 0.05) is 24.5 Å². The molecule has 0 bridgehead atoms. The average molecular weight is 438 g/mol. The summed E-state index contributed by atoms with van der Waals surface area (Å²) in [6.07, 6.45) is 5.40. The molecule has 1 aliphatic rings. The van der Waals surface area contributed by atoms with Crippen LogP contribution in [0.3, 0.4) is 0 Å². The summed E-state index contributed by atoms with van der Waals surface area (Å²) in [6, 6.07) is 9.96. The van der Waals surface area contributed by atoms with E-state index in [0.717, 1.165) is 30.1 Å². The molecule has 0 aliphatic heterocycles. The third-order valence-corrected chi connectivity index (χ3v) is 6.23. The van der Waals surface area contributed by atoms with Gasteiger partial charge in [0.05, 0.1) is 12.5 Å². The van der Waals surface area contributed by atoms with Crippen molar-refractivity contribution >= 4 is 23.1 Å². The maximum atomic E-state index is 12.8. The Kier molecular flexibility index (Phi) is 6.25. The number of aromatic nitrogens is 2. The van der Waals surface area contributed by atoms with E-state index in [1.54, 1.807) is 17.9 Å². The monoisotopic (exact) mass is 437 g/mol. The van der Waals surface area contributed by atoms with Gasteiger partial charge in [-0.25, -0.2) is 4.98 Å². The Bertz CT molecular complexity index is 1160. The summed E-state index contributed by atoms with van der Waals surface area (Å²) in [5.74, 6) is 1.11. The molecular weight excluding hydrogens is 410 g/mol. The number of hydrogen-bond acceptors (Lipinski definition) is 6. The minimum atomic E-state index is -0.263. The van der Waals surface area contributed by atoms with E-state index in [0.29, 0.717) is 11.6 Å². The largest absolute Gasteiger partial charge is 0.483 e. The molecule has 0 saturated heterocycles. The maximum Gasteiger partial charge on any atom is 0.258 e. The molecule has 4 rings (SSSR count). The van der Waals surface area contributed by atoms with Crippen molar-refractivity contribution in [3.63, 3.8) is 0 Å². The van der Waals surface area contributed by atoms with Crippen LogP contribution in [0, 0.1) is 0 Å². The lowest BCUT2D eigenvalue weighted by molar-refractivity contribution is 0.224. The van der Waals surface area contributed by atoms with Crippen molar-refractivity contribution in [3.05, 3.63) is 74.0 Å². The first-order valence-corrected chi connectivity index (χ1v) is 11.2. The van der Waals surface area contributed by atoms with E-state index >= 15 is 0 Å². The van der Waals surface area contributed by atoms with Gasteiger partial charge < -0.3 is 14.4 Å². The first-order chi connectivity index (χ1) is 14.9. The highest BCUT2D eigenvalue weighted by molar-refractivity contribution is 7.09. The van der Waals surface area contributed by atoms with E-state index in [1.807, 2.05) is 18.4 Å². The molecule has 0 amide bonds. The first-order valence-electron chi connectivity index (χ1n) is 10.3. The molecule has 0 fully saturated rings. The fraction of sp³-hybridized carbons (Fsp3) is 0.333. The summed E-state index contributed by atoms with van der Waals surface area (Å²) in [7, 11) is 5.74. The maximum absolute atomic E-state index is 12.8. The zero-order valence-corrected chi connectivity index (χ0v) is 19.1. The minimum absolute atomic E-state index is 0.0969. The lowest BCUT2D eigenvalue weighted by Crippen LogP contribution is -2.20. The van der Waals surface area contributed by atoms with Crippen LogP contribution in [0.5, 0.6) is 11.6 Å². The Morgan fingerprint density at radius 3 is 2.77 bits per heavy atom. The highest BCUT2D eigenvalue weighted by Crippen LogP contribution is 2.29. The molecule has 3 aromatic rings. The highest BCUT2D eigenvalue weighted by Gasteiger charge is 2.16. The minimum Gasteiger partial charge on any atom is -0.483 e. The zero-order valence-electron chi connectivity index (χ0n) is 18.3. The second kappa shape index (κ2) is 9.08. The third kappa shape index (κ3) is 4.89. The molecule has 0 N–H and O–H groups in total. The van der Waals surface area contributed by atoms with Crippen LogP contribution in [-0.2, 0) is 13.0 Å². The van der Waals surface area contributed by atoms with Crippen LogP contribution in [0.2, 0.25) is 0 Å². The molecular formula is C24H27N3O3S. The molecule has 1 aromatic carbocycles. The van der Waals surface area contributed by atoms with Crippen LogP contribution in [-0.4, -0.2) is 35.7 Å². The summed E-state index contributed by atoms with van der Waals surface area (Å²) in [4.78, 5) is 19.3. The molecule has 2 heterocycles. The van der Waals surface area contributed by atoms with Crippen LogP contribution in [0.1, 0.15) is 41.1 Å². The van der Waals surface area contributed by atoms with E-state index < -0.39 is 0 Å². The van der Waals surface area contributed by atoms with Crippen LogP contribution in [0.15, 0.2) is 46.7 Å². The van der Waals surface area contributed by atoms with Gasteiger partial charge in [-0.15, -0.1) is 11.3 Å². The van der Waals surface area contributed by atoms with Crippen molar-refractivity contribution < 1.29 is 9.47 Å². The SMILES string of the molecule is COc1csc(C(C)Oc2ccn(C3=Cc4ccc(CN(C)C)cc4CC3)c(=O)c2)n1. The van der Waals surface area contributed by atoms with Gasteiger partial charge in [-0.3, -0.25) is 9.36 Å². The van der Waals surface area contributed by atoms with E-state index in [-0.39, 0.29) is 11.7 Å². The number of pyridine rings is 1. The van der Waals surface area contributed by atoms with Gasteiger partial charge in [0.25, 0.3) is 5.56 Å². The molecule has 1 atom stereocenters. The van der Waals surface area contributed by atoms with E-state index in [9.17, 15) is 4.79 Å². The normalized spacial score (nSPS) is 14.2. The molecule has 6 nitrogen and oxygen atoms in total. The van der Waals surface area contributed by atoms with Crippen molar-refractivity contribution in [2.75, 3.05) is 21.2 Å².